The molecular weight excluding hydrogens is 452 g/mol. The second kappa shape index (κ2) is 6.81. The minimum Gasteiger partial charge on any atom is -0.458 e. The van der Waals surface area contributed by atoms with Gasteiger partial charge in [-0.1, -0.05) is 30.3 Å². The van der Waals surface area contributed by atoms with Crippen LogP contribution in [-0.2, 0) is 16.9 Å². The highest BCUT2D eigenvalue weighted by Crippen LogP contribution is 2.34. The van der Waals surface area contributed by atoms with Crippen molar-refractivity contribution in [1.29, 1.82) is 0 Å². The Kier molecular flexibility index (Phi) is 4.21. The molecule has 0 saturated carbocycles. The number of rotatable bonds is 4. The number of carbonyl (C=O) groups is 2. The number of hydrogen-bond donors (Lipinski definition) is 1. The molecule has 0 spiro atoms. The molecule has 150 valence electrons. The van der Waals surface area contributed by atoms with Gasteiger partial charge < -0.3 is 14.2 Å². The van der Waals surface area contributed by atoms with Gasteiger partial charge in [-0.05, 0) is 47.1 Å². The number of fused-ring (bicyclic) bond motifs is 1. The molecule has 0 bridgehead atoms. The normalized spacial score (nSPS) is 18.9. The number of para-hydroxylation sites is 1. The van der Waals surface area contributed by atoms with E-state index in [1.54, 1.807) is 13.0 Å². The smallest absolute Gasteiger partial charge is 0.325 e. The molecule has 3 amide bonds. The van der Waals surface area contributed by atoms with Crippen LogP contribution in [0.25, 0.3) is 22.4 Å². The topological polar surface area (TPSA) is 101 Å². The van der Waals surface area contributed by atoms with Crippen LogP contribution in [0.3, 0.4) is 0 Å². The molecule has 0 aliphatic carbocycles. The van der Waals surface area contributed by atoms with Gasteiger partial charge in [-0.15, -0.1) is 10.2 Å². The summed E-state index contributed by atoms with van der Waals surface area (Å²) < 4.78 is 12.3. The number of carbonyl (C=O) groups excluding carboxylic acids is 2. The maximum atomic E-state index is 13.1. The van der Waals surface area contributed by atoms with Gasteiger partial charge in [0.2, 0.25) is 11.8 Å². The van der Waals surface area contributed by atoms with E-state index in [0.717, 1.165) is 20.3 Å². The van der Waals surface area contributed by atoms with Crippen molar-refractivity contribution in [3.8, 4) is 11.5 Å². The van der Waals surface area contributed by atoms with Crippen LogP contribution >= 0.6 is 15.9 Å². The van der Waals surface area contributed by atoms with Gasteiger partial charge in [0, 0.05) is 9.86 Å². The number of aromatic nitrogens is 2. The Bertz CT molecular complexity index is 1260. The predicted molar refractivity (Wildman–Crippen MR) is 110 cm³/mol. The Morgan fingerprint density at radius 2 is 1.83 bits per heavy atom. The first-order valence-electron chi connectivity index (χ1n) is 9.16. The fraction of sp³-hybridized carbons (Fsp3) is 0.143. The summed E-state index contributed by atoms with van der Waals surface area (Å²) in [6, 6.07) is 16.0. The first-order valence-corrected chi connectivity index (χ1v) is 9.95. The number of furan rings is 1. The Morgan fingerprint density at radius 3 is 2.63 bits per heavy atom. The molecule has 30 heavy (non-hydrogen) atoms. The number of benzene rings is 2. The van der Waals surface area contributed by atoms with Crippen LogP contribution in [0.4, 0.5) is 4.79 Å². The first kappa shape index (κ1) is 18.6. The van der Waals surface area contributed by atoms with E-state index in [0.29, 0.717) is 17.2 Å². The molecule has 1 aliphatic heterocycles. The van der Waals surface area contributed by atoms with Crippen molar-refractivity contribution in [2.75, 3.05) is 0 Å². The number of nitrogens with zero attached hydrogens (tertiary/aromatic N) is 3. The van der Waals surface area contributed by atoms with E-state index in [-0.39, 0.29) is 12.4 Å². The average Bonchev–Trinajstić information content (AvgIpc) is 3.43. The van der Waals surface area contributed by atoms with E-state index >= 15 is 0 Å². The summed E-state index contributed by atoms with van der Waals surface area (Å²) in [5.74, 6) is 0.360. The fourth-order valence-corrected chi connectivity index (χ4v) is 3.89. The van der Waals surface area contributed by atoms with Gasteiger partial charge >= 0.3 is 6.03 Å². The molecule has 3 heterocycles. The molecule has 4 aromatic rings. The van der Waals surface area contributed by atoms with Crippen LogP contribution in [0.2, 0.25) is 0 Å². The number of amides is 3. The van der Waals surface area contributed by atoms with Gasteiger partial charge in [0.15, 0.2) is 5.54 Å². The Hall–Kier alpha value is -3.46. The molecule has 5 rings (SSSR count). The molecular formula is C21H15BrN4O4. The van der Waals surface area contributed by atoms with Crippen LogP contribution in [0.15, 0.2) is 67.9 Å². The van der Waals surface area contributed by atoms with Crippen molar-refractivity contribution in [2.45, 2.75) is 19.0 Å². The highest BCUT2D eigenvalue weighted by atomic mass is 79.9. The van der Waals surface area contributed by atoms with E-state index in [1.165, 1.54) is 0 Å². The van der Waals surface area contributed by atoms with Gasteiger partial charge in [-0.25, -0.2) is 4.79 Å². The molecule has 1 atom stereocenters. The Morgan fingerprint density at radius 1 is 1.07 bits per heavy atom. The second-order valence-electron chi connectivity index (χ2n) is 7.08. The van der Waals surface area contributed by atoms with Gasteiger partial charge in [0.05, 0.1) is 5.56 Å². The second-order valence-corrected chi connectivity index (χ2v) is 7.93. The van der Waals surface area contributed by atoms with Crippen molar-refractivity contribution in [2.24, 2.45) is 0 Å². The fourth-order valence-electron chi connectivity index (χ4n) is 3.43. The van der Waals surface area contributed by atoms with Crippen LogP contribution < -0.4 is 5.32 Å². The van der Waals surface area contributed by atoms with Crippen molar-refractivity contribution in [3.63, 3.8) is 0 Å². The average molecular weight is 467 g/mol. The van der Waals surface area contributed by atoms with Crippen molar-refractivity contribution < 1.29 is 18.4 Å². The summed E-state index contributed by atoms with van der Waals surface area (Å²) in [7, 11) is 0. The molecule has 1 fully saturated rings. The molecule has 1 saturated heterocycles. The highest BCUT2D eigenvalue weighted by Gasteiger charge is 2.51. The number of halogens is 1. The molecule has 0 radical (unpaired) electrons. The maximum Gasteiger partial charge on any atom is 0.325 e. The SMILES string of the molecule is C[C@]1(c2cc3ccccc3o2)NC(=O)N(Cc2nnc(-c3ccccc3Br)o2)C1=O. The third kappa shape index (κ3) is 2.89. The number of nitrogens with one attached hydrogen (secondary N) is 1. The standard InChI is InChI=1S/C21H15BrN4O4/c1-21(16-10-12-6-2-5-9-15(12)29-16)19(27)26(20(28)23-21)11-17-24-25-18(30-17)13-7-3-4-8-14(13)22/h2-10H,11H2,1H3,(H,23,28)/t21-/m1/s1. The van der Waals surface area contributed by atoms with Crippen LogP contribution in [0.1, 0.15) is 18.6 Å². The van der Waals surface area contributed by atoms with Crippen LogP contribution in [0.5, 0.6) is 0 Å². The lowest BCUT2D eigenvalue weighted by atomic mass is 9.99. The van der Waals surface area contributed by atoms with E-state index < -0.39 is 17.5 Å². The van der Waals surface area contributed by atoms with E-state index in [4.69, 9.17) is 8.83 Å². The summed E-state index contributed by atoms with van der Waals surface area (Å²) >= 11 is 3.44. The lowest BCUT2D eigenvalue weighted by Crippen LogP contribution is -2.40. The summed E-state index contributed by atoms with van der Waals surface area (Å²) in [5, 5.41) is 11.6. The zero-order valence-electron chi connectivity index (χ0n) is 15.8. The summed E-state index contributed by atoms with van der Waals surface area (Å²) in [4.78, 5) is 26.8. The molecule has 8 nitrogen and oxygen atoms in total. The monoisotopic (exact) mass is 466 g/mol. The lowest BCUT2D eigenvalue weighted by molar-refractivity contribution is -0.132. The zero-order valence-corrected chi connectivity index (χ0v) is 17.3. The van der Waals surface area contributed by atoms with Gasteiger partial charge in [-0.3, -0.25) is 9.69 Å². The Labute approximate surface area is 179 Å². The largest absolute Gasteiger partial charge is 0.458 e. The quantitative estimate of drug-likeness (QED) is 0.452. The number of urea groups is 1. The molecule has 0 unspecified atom stereocenters. The minimum absolute atomic E-state index is 0.141. The number of hydrogen-bond acceptors (Lipinski definition) is 6. The lowest BCUT2D eigenvalue weighted by Gasteiger charge is -2.18. The third-order valence-electron chi connectivity index (χ3n) is 5.06. The third-order valence-corrected chi connectivity index (χ3v) is 5.75. The van der Waals surface area contributed by atoms with Gasteiger partial charge in [0.1, 0.15) is 17.9 Å². The predicted octanol–water partition coefficient (Wildman–Crippen LogP) is 4.21. The van der Waals surface area contributed by atoms with Crippen molar-refractivity contribution in [3.05, 3.63) is 70.7 Å². The van der Waals surface area contributed by atoms with Gasteiger partial charge in [-0.2, -0.15) is 0 Å². The molecule has 1 N–H and O–H groups in total. The number of imide groups is 1. The highest BCUT2D eigenvalue weighted by molar-refractivity contribution is 9.10. The summed E-state index contributed by atoms with van der Waals surface area (Å²) in [5.41, 5.74) is 0.0475. The molecule has 2 aromatic carbocycles. The summed E-state index contributed by atoms with van der Waals surface area (Å²) in [6.07, 6.45) is 0. The van der Waals surface area contributed by atoms with Gasteiger partial charge in [0.25, 0.3) is 5.91 Å². The van der Waals surface area contributed by atoms with Crippen LogP contribution in [0, 0.1) is 0 Å². The van der Waals surface area contributed by atoms with E-state index in [9.17, 15) is 9.59 Å². The minimum atomic E-state index is -1.32. The van der Waals surface area contributed by atoms with Crippen LogP contribution in [-0.4, -0.2) is 27.0 Å². The molecule has 9 heteroatoms. The first-order chi connectivity index (χ1) is 14.5. The molecule has 2 aromatic heterocycles. The zero-order chi connectivity index (χ0) is 20.9. The molecule has 1 aliphatic rings. The van der Waals surface area contributed by atoms with Crippen molar-refractivity contribution in [1.82, 2.24) is 20.4 Å². The summed E-state index contributed by atoms with van der Waals surface area (Å²) in [6.45, 7) is 1.48. The Balaban J connectivity index is 1.42. The maximum absolute atomic E-state index is 13.1. The van der Waals surface area contributed by atoms with E-state index in [1.807, 2.05) is 48.5 Å². The van der Waals surface area contributed by atoms with Crippen molar-refractivity contribution >= 4 is 38.8 Å². The van der Waals surface area contributed by atoms with E-state index in [2.05, 4.69) is 31.4 Å².